The first kappa shape index (κ1) is 11.7. The number of carbonyl (C=O) groups is 1. The molecule has 1 atom stereocenters. The van der Waals surface area contributed by atoms with Crippen LogP contribution in [0.5, 0.6) is 0 Å². The van der Waals surface area contributed by atoms with Crippen molar-refractivity contribution in [3.8, 4) is 0 Å². The Hall–Kier alpha value is -0.730. The molecule has 2 rings (SSSR count). The molecule has 1 heterocycles. The molecule has 16 heavy (non-hydrogen) atoms. The quantitative estimate of drug-likeness (QED) is 0.686. The first-order chi connectivity index (χ1) is 7.48. The van der Waals surface area contributed by atoms with Crippen molar-refractivity contribution < 1.29 is 9.53 Å². The summed E-state index contributed by atoms with van der Waals surface area (Å²) in [5.41, 5.74) is -0.111. The molecule has 0 aromatic carbocycles. The van der Waals surface area contributed by atoms with Crippen LogP contribution < -0.4 is 0 Å². The number of amides is 1. The van der Waals surface area contributed by atoms with Crippen LogP contribution >= 0.6 is 0 Å². The molecule has 0 aromatic rings. The van der Waals surface area contributed by atoms with Gasteiger partial charge in [0.15, 0.2) is 0 Å². The molecular weight excluding hydrogens is 202 g/mol. The largest absolute Gasteiger partial charge is 0.444 e. The number of carbonyl (C=O) groups excluding carboxylic acids is 1. The van der Waals surface area contributed by atoms with Gasteiger partial charge in [-0.25, -0.2) is 4.79 Å². The molecule has 2 aliphatic rings. The van der Waals surface area contributed by atoms with Crippen LogP contribution in [0.25, 0.3) is 0 Å². The van der Waals surface area contributed by atoms with Gasteiger partial charge in [-0.15, -0.1) is 0 Å². The Morgan fingerprint density at radius 3 is 2.31 bits per heavy atom. The fraction of sp³-hybridized carbons (Fsp3) is 0.923. The third kappa shape index (κ3) is 2.33. The summed E-state index contributed by atoms with van der Waals surface area (Å²) in [5, 5.41) is 0. The lowest BCUT2D eigenvalue weighted by Gasteiger charge is -2.30. The molecule has 1 unspecified atom stereocenters. The van der Waals surface area contributed by atoms with Gasteiger partial charge >= 0.3 is 6.09 Å². The summed E-state index contributed by atoms with van der Waals surface area (Å²) in [5.74, 6) is 0.602. The van der Waals surface area contributed by atoms with Crippen molar-refractivity contribution in [2.45, 2.75) is 64.5 Å². The van der Waals surface area contributed by atoms with Gasteiger partial charge in [0.25, 0.3) is 0 Å². The van der Waals surface area contributed by atoms with E-state index in [0.717, 1.165) is 6.54 Å². The topological polar surface area (TPSA) is 29.5 Å². The summed E-state index contributed by atoms with van der Waals surface area (Å²) in [6.07, 6.45) is 6.43. The molecular formula is C13H23NO2. The average molecular weight is 225 g/mol. The minimum Gasteiger partial charge on any atom is -0.444 e. The van der Waals surface area contributed by atoms with Gasteiger partial charge in [-0.2, -0.15) is 0 Å². The first-order valence-corrected chi connectivity index (χ1v) is 6.47. The van der Waals surface area contributed by atoms with Gasteiger partial charge in [0.2, 0.25) is 0 Å². The summed E-state index contributed by atoms with van der Waals surface area (Å²) in [4.78, 5) is 13.6. The minimum absolute atomic E-state index is 0.111. The summed E-state index contributed by atoms with van der Waals surface area (Å²) in [6, 6.07) is 0. The zero-order valence-corrected chi connectivity index (χ0v) is 10.7. The molecule has 1 saturated carbocycles. The van der Waals surface area contributed by atoms with Crippen LogP contribution in [0, 0.1) is 5.92 Å². The van der Waals surface area contributed by atoms with E-state index in [9.17, 15) is 4.79 Å². The summed E-state index contributed by atoms with van der Waals surface area (Å²) in [6.45, 7) is 6.99. The third-order valence-electron chi connectivity index (χ3n) is 3.82. The maximum absolute atomic E-state index is 11.8. The average Bonchev–Trinajstić information content (AvgIpc) is 2.61. The van der Waals surface area contributed by atoms with E-state index in [0.29, 0.717) is 5.92 Å². The lowest BCUT2D eigenvalue weighted by Crippen LogP contribution is -2.42. The molecule has 0 N–H and O–H groups in total. The Bertz CT molecular complexity index is 264. The van der Waals surface area contributed by atoms with Crippen LogP contribution in [-0.4, -0.2) is 29.2 Å². The summed E-state index contributed by atoms with van der Waals surface area (Å²) >= 11 is 0. The molecule has 3 heteroatoms. The molecule has 3 nitrogen and oxygen atoms in total. The monoisotopic (exact) mass is 225 g/mol. The number of hydrogen-bond donors (Lipinski definition) is 0. The highest BCUT2D eigenvalue weighted by Gasteiger charge is 2.41. The van der Waals surface area contributed by atoms with Crippen molar-refractivity contribution in [3.05, 3.63) is 0 Å². The van der Waals surface area contributed by atoms with Crippen molar-refractivity contribution in [2.24, 2.45) is 5.92 Å². The fourth-order valence-corrected chi connectivity index (χ4v) is 2.78. The van der Waals surface area contributed by atoms with Crippen LogP contribution in [-0.2, 0) is 4.74 Å². The van der Waals surface area contributed by atoms with Gasteiger partial charge in [-0.1, -0.05) is 19.3 Å². The standard InChI is InChI=1S/C13H23NO2/c1-13(2,3)14-9-11(16-12(14)15)10-7-5-4-6-8-10/h10-11H,4-9H2,1-3H3. The van der Waals surface area contributed by atoms with Crippen molar-refractivity contribution in [3.63, 3.8) is 0 Å². The molecule has 0 spiro atoms. The molecule has 0 bridgehead atoms. The van der Waals surface area contributed by atoms with E-state index in [1.807, 2.05) is 4.90 Å². The number of rotatable bonds is 1. The minimum atomic E-state index is -0.122. The van der Waals surface area contributed by atoms with E-state index < -0.39 is 0 Å². The van der Waals surface area contributed by atoms with Gasteiger partial charge in [-0.3, -0.25) is 4.90 Å². The predicted octanol–water partition coefficient (Wildman–Crippen LogP) is 3.19. The smallest absolute Gasteiger partial charge is 0.410 e. The van der Waals surface area contributed by atoms with Gasteiger partial charge in [0, 0.05) is 5.54 Å². The number of ether oxygens (including phenoxy) is 1. The van der Waals surface area contributed by atoms with Crippen LogP contribution in [0.4, 0.5) is 4.79 Å². The molecule has 1 saturated heterocycles. The van der Waals surface area contributed by atoms with E-state index in [1.54, 1.807) is 0 Å². The van der Waals surface area contributed by atoms with Crippen molar-refractivity contribution in [1.29, 1.82) is 0 Å². The zero-order valence-electron chi connectivity index (χ0n) is 10.7. The maximum Gasteiger partial charge on any atom is 0.410 e. The highest BCUT2D eigenvalue weighted by molar-refractivity contribution is 5.70. The maximum atomic E-state index is 11.8. The van der Waals surface area contributed by atoms with Crippen LogP contribution in [0.2, 0.25) is 0 Å². The summed E-state index contributed by atoms with van der Waals surface area (Å²) in [7, 11) is 0. The van der Waals surface area contributed by atoms with Crippen LogP contribution in [0.1, 0.15) is 52.9 Å². The fourth-order valence-electron chi connectivity index (χ4n) is 2.78. The van der Waals surface area contributed by atoms with E-state index in [2.05, 4.69) is 20.8 Å². The van der Waals surface area contributed by atoms with Crippen molar-refractivity contribution in [2.75, 3.05) is 6.54 Å². The Labute approximate surface area is 98.1 Å². The lowest BCUT2D eigenvalue weighted by atomic mass is 9.85. The number of hydrogen-bond acceptors (Lipinski definition) is 2. The second-order valence-electron chi connectivity index (χ2n) is 6.10. The number of cyclic esters (lactones) is 1. The number of nitrogens with zero attached hydrogens (tertiary/aromatic N) is 1. The molecule has 1 aliphatic heterocycles. The SMILES string of the molecule is CC(C)(C)N1CC(C2CCCCC2)OC1=O. The Morgan fingerprint density at radius 2 is 1.81 bits per heavy atom. The van der Waals surface area contributed by atoms with Crippen molar-refractivity contribution in [1.82, 2.24) is 4.90 Å². The molecule has 0 radical (unpaired) electrons. The highest BCUT2D eigenvalue weighted by Crippen LogP contribution is 2.33. The van der Waals surface area contributed by atoms with E-state index in [-0.39, 0.29) is 17.7 Å². The van der Waals surface area contributed by atoms with E-state index >= 15 is 0 Å². The second kappa shape index (κ2) is 4.27. The van der Waals surface area contributed by atoms with E-state index in [4.69, 9.17) is 4.74 Å². The van der Waals surface area contributed by atoms with Gasteiger partial charge in [0.05, 0.1) is 6.54 Å². The molecule has 92 valence electrons. The Morgan fingerprint density at radius 1 is 1.19 bits per heavy atom. The predicted molar refractivity (Wildman–Crippen MR) is 63.3 cm³/mol. The van der Waals surface area contributed by atoms with Crippen molar-refractivity contribution >= 4 is 6.09 Å². The van der Waals surface area contributed by atoms with Gasteiger partial charge < -0.3 is 4.74 Å². The van der Waals surface area contributed by atoms with Crippen LogP contribution in [0.15, 0.2) is 0 Å². The Balaban J connectivity index is 1.97. The zero-order chi connectivity index (χ0) is 11.8. The molecule has 2 fully saturated rings. The lowest BCUT2D eigenvalue weighted by molar-refractivity contribution is 0.0864. The Kier molecular flexibility index (Phi) is 3.13. The van der Waals surface area contributed by atoms with Gasteiger partial charge in [0.1, 0.15) is 6.10 Å². The van der Waals surface area contributed by atoms with Gasteiger partial charge in [-0.05, 0) is 39.5 Å². The normalized spacial score (nSPS) is 28.3. The second-order valence-corrected chi connectivity index (χ2v) is 6.10. The van der Waals surface area contributed by atoms with Crippen LogP contribution in [0.3, 0.4) is 0 Å². The third-order valence-corrected chi connectivity index (χ3v) is 3.82. The van der Waals surface area contributed by atoms with E-state index in [1.165, 1.54) is 32.1 Å². The molecule has 1 amide bonds. The summed E-state index contributed by atoms with van der Waals surface area (Å²) < 4.78 is 5.53. The molecule has 1 aliphatic carbocycles. The molecule has 0 aromatic heterocycles. The highest BCUT2D eigenvalue weighted by atomic mass is 16.6. The first-order valence-electron chi connectivity index (χ1n) is 6.47.